The number of halogens is 1. The Morgan fingerprint density at radius 1 is 1.08 bits per heavy atom. The lowest BCUT2D eigenvalue weighted by molar-refractivity contribution is -0.139. The number of nitrogens with zero attached hydrogens (tertiary/aromatic N) is 5. The number of hydrogen-bond acceptors (Lipinski definition) is 9. The molecule has 1 unspecified atom stereocenters. The van der Waals surface area contributed by atoms with E-state index in [2.05, 4.69) is 15.6 Å². The molecule has 1 aromatic heterocycles. The van der Waals surface area contributed by atoms with Crippen molar-refractivity contribution < 1.29 is 29.6 Å². The van der Waals surface area contributed by atoms with Crippen LogP contribution in [0.3, 0.4) is 0 Å². The Morgan fingerprint density at radius 3 is 2.70 bits per heavy atom. The molecule has 4 N–H and O–H groups in total. The highest BCUT2D eigenvalue weighted by Crippen LogP contribution is 2.47. The second-order valence-corrected chi connectivity index (χ2v) is 13.9. The monoisotopic (exact) mass is 742 g/mol. The van der Waals surface area contributed by atoms with Gasteiger partial charge in [-0.1, -0.05) is 48.0 Å². The van der Waals surface area contributed by atoms with E-state index < -0.39 is 23.5 Å². The van der Waals surface area contributed by atoms with Crippen molar-refractivity contribution in [3.63, 3.8) is 0 Å². The molecule has 12 nitrogen and oxygen atoms in total. The number of aliphatic hydroxyl groups is 3. The van der Waals surface area contributed by atoms with E-state index in [0.29, 0.717) is 73.0 Å². The molecular formula is C40H47ClN6O6. The molecule has 4 aromatic rings. The van der Waals surface area contributed by atoms with Gasteiger partial charge in [0.25, 0.3) is 5.91 Å². The lowest BCUT2D eigenvalue weighted by atomic mass is 9.83. The number of unbranched alkanes of at least 4 members (excludes halogenated alkanes) is 1. The second-order valence-electron chi connectivity index (χ2n) is 13.5. The minimum Gasteiger partial charge on any atom is -0.494 e. The number of ether oxygens (including phenoxy) is 1. The van der Waals surface area contributed by atoms with Crippen LogP contribution in [-0.2, 0) is 41.1 Å². The van der Waals surface area contributed by atoms with Crippen molar-refractivity contribution in [2.75, 3.05) is 36.2 Å². The fraction of sp³-hybridized carbons (Fsp3) is 0.400. The number of aliphatic hydroxyl groups excluding tert-OH is 2. The van der Waals surface area contributed by atoms with Crippen LogP contribution in [0.4, 0.5) is 17.1 Å². The second kappa shape index (κ2) is 17.0. The van der Waals surface area contributed by atoms with Gasteiger partial charge in [-0.15, -0.1) is 5.10 Å². The van der Waals surface area contributed by atoms with Crippen molar-refractivity contribution >= 4 is 40.5 Å². The summed E-state index contributed by atoms with van der Waals surface area (Å²) < 4.78 is 7.48. The molecule has 2 aliphatic rings. The van der Waals surface area contributed by atoms with Gasteiger partial charge in [-0.3, -0.25) is 19.2 Å². The normalized spacial score (nSPS) is 18.9. The number of aromatic nitrogens is 3. The predicted octanol–water partition coefficient (Wildman–Crippen LogP) is 4.83. The molecule has 0 spiro atoms. The van der Waals surface area contributed by atoms with Crippen molar-refractivity contribution in [1.29, 1.82) is 0 Å². The van der Waals surface area contributed by atoms with Crippen LogP contribution in [0.25, 0.3) is 0 Å². The van der Waals surface area contributed by atoms with Crippen LogP contribution in [0.1, 0.15) is 55.5 Å². The number of fused-ring (bicyclic) bond motifs is 2. The van der Waals surface area contributed by atoms with E-state index in [1.165, 1.54) is 0 Å². The van der Waals surface area contributed by atoms with E-state index in [4.69, 9.17) is 21.4 Å². The zero-order valence-corrected chi connectivity index (χ0v) is 30.9. The van der Waals surface area contributed by atoms with Crippen molar-refractivity contribution in [3.8, 4) is 5.75 Å². The molecule has 2 aliphatic heterocycles. The highest BCUT2D eigenvalue weighted by molar-refractivity contribution is 6.31. The van der Waals surface area contributed by atoms with Gasteiger partial charge < -0.3 is 30.3 Å². The molecule has 280 valence electrons. The molecule has 3 aromatic carbocycles. The number of amides is 2. The fourth-order valence-electron chi connectivity index (χ4n) is 7.10. The smallest absolute Gasteiger partial charge is 0.264 e. The van der Waals surface area contributed by atoms with Crippen LogP contribution in [0.15, 0.2) is 79.0 Å². The maximum atomic E-state index is 14.3. The first-order chi connectivity index (χ1) is 25.7. The molecule has 2 amide bonds. The fourth-order valence-corrected chi connectivity index (χ4v) is 7.27. The molecule has 0 fully saturated rings. The maximum Gasteiger partial charge on any atom is 0.264 e. The van der Waals surface area contributed by atoms with E-state index in [1.807, 2.05) is 68.5 Å². The average molecular weight is 743 g/mol. The third-order valence-corrected chi connectivity index (χ3v) is 10.1. The number of benzene rings is 3. The molecule has 0 saturated heterocycles. The van der Waals surface area contributed by atoms with E-state index in [0.717, 1.165) is 29.0 Å². The van der Waals surface area contributed by atoms with Gasteiger partial charge in [0, 0.05) is 54.6 Å². The Kier molecular flexibility index (Phi) is 12.3. The van der Waals surface area contributed by atoms with E-state index in [1.54, 1.807) is 38.9 Å². The van der Waals surface area contributed by atoms with Gasteiger partial charge in [0.15, 0.2) is 5.60 Å². The average Bonchev–Trinajstić information content (AvgIpc) is 3.68. The zero-order valence-electron chi connectivity index (χ0n) is 30.1. The maximum absolute atomic E-state index is 14.3. The largest absolute Gasteiger partial charge is 0.494 e. The molecule has 53 heavy (non-hydrogen) atoms. The quantitative estimate of drug-likeness (QED) is 0.0880. The van der Waals surface area contributed by atoms with Gasteiger partial charge in [-0.2, -0.15) is 0 Å². The number of anilines is 3. The van der Waals surface area contributed by atoms with E-state index in [9.17, 15) is 19.8 Å². The third kappa shape index (κ3) is 8.17. The number of carbonyl (C=O) groups is 2. The van der Waals surface area contributed by atoms with Crippen molar-refractivity contribution in [2.24, 2.45) is 5.92 Å². The molecular weight excluding hydrogens is 696 g/mol. The zero-order chi connectivity index (χ0) is 37.5. The molecule has 0 radical (unpaired) electrons. The van der Waals surface area contributed by atoms with Crippen LogP contribution in [0.5, 0.6) is 5.75 Å². The molecule has 0 saturated carbocycles. The first kappa shape index (κ1) is 38.1. The van der Waals surface area contributed by atoms with Gasteiger partial charge in [0.2, 0.25) is 5.91 Å². The van der Waals surface area contributed by atoms with Crippen LogP contribution < -0.4 is 19.9 Å². The topological polar surface area (TPSA) is 153 Å². The summed E-state index contributed by atoms with van der Waals surface area (Å²) in [6.45, 7) is 5.67. The molecule has 13 heteroatoms. The summed E-state index contributed by atoms with van der Waals surface area (Å²) in [5, 5.41) is 42.5. The Morgan fingerprint density at radius 2 is 1.91 bits per heavy atom. The highest BCUT2D eigenvalue weighted by Gasteiger charge is 2.52. The minimum absolute atomic E-state index is 0.00478. The van der Waals surface area contributed by atoms with Gasteiger partial charge in [0.1, 0.15) is 5.75 Å². The van der Waals surface area contributed by atoms with Gasteiger partial charge in [-0.05, 0) is 98.8 Å². The van der Waals surface area contributed by atoms with Gasteiger partial charge >= 0.3 is 0 Å². The minimum atomic E-state index is -1.86. The van der Waals surface area contributed by atoms with Gasteiger partial charge in [0.05, 0.1) is 36.3 Å². The number of nitrogens with one attached hydrogen (secondary N) is 1. The lowest BCUT2D eigenvalue weighted by Crippen LogP contribution is -2.49. The number of carbonyl (C=O) groups excluding carboxylic acids is 2. The molecule has 3 atom stereocenters. The molecule has 6 rings (SSSR count). The molecule has 0 aliphatic carbocycles. The Labute approximate surface area is 314 Å². The highest BCUT2D eigenvalue weighted by atomic mass is 35.5. The van der Waals surface area contributed by atoms with Crippen LogP contribution >= 0.6 is 11.6 Å². The SMILES string of the molecule is CCOc1ccc2c(c1)CC(NCCCCO)C(=O)N2c1cccc(CN2C(=O)[C@@](O)([C@@H](C)/C=C/CCn3cc(CCO)nn3)c3cc(Cl)ccc32)c1. The summed E-state index contributed by atoms with van der Waals surface area (Å²) in [6.07, 6.45) is 8.48. The Hall–Kier alpha value is -4.59. The number of rotatable bonds is 17. The predicted molar refractivity (Wildman–Crippen MR) is 203 cm³/mol. The van der Waals surface area contributed by atoms with Crippen LogP contribution in [0.2, 0.25) is 5.02 Å². The summed E-state index contributed by atoms with van der Waals surface area (Å²) in [7, 11) is 0. The summed E-state index contributed by atoms with van der Waals surface area (Å²) in [5.41, 5.74) is 3.04. The number of allylic oxidation sites excluding steroid dienone is 1. The van der Waals surface area contributed by atoms with Crippen LogP contribution in [0, 0.1) is 5.92 Å². The van der Waals surface area contributed by atoms with Crippen molar-refractivity contribution in [2.45, 2.75) is 70.7 Å². The van der Waals surface area contributed by atoms with E-state index in [-0.39, 0.29) is 25.7 Å². The van der Waals surface area contributed by atoms with Gasteiger partial charge in [-0.25, -0.2) is 0 Å². The summed E-state index contributed by atoms with van der Waals surface area (Å²) in [5.74, 6) is -0.406. The number of aryl methyl sites for hydroxylation is 1. The standard InChI is InChI=1S/C40H47ClN6O6/c1-3-53-33-13-15-36-29(22-33)23-35(42-17-5-7-19-48)38(50)47(36)32-11-8-10-28(21-32)25-46-37-14-12-30(41)24-34(37)40(52,39(46)51)27(2)9-4-6-18-45-26-31(16-20-49)43-44-45/h4,8-15,21-22,24,26-27,35,42,48-49,52H,3,5-7,16-20,23,25H2,1-2H3/b9-4+/t27-,35?,40+/m0/s1. The first-order valence-corrected chi connectivity index (χ1v) is 18.6. The number of hydrogen-bond donors (Lipinski definition) is 4. The third-order valence-electron chi connectivity index (χ3n) is 9.82. The first-order valence-electron chi connectivity index (χ1n) is 18.2. The summed E-state index contributed by atoms with van der Waals surface area (Å²) in [4.78, 5) is 31.7. The summed E-state index contributed by atoms with van der Waals surface area (Å²) >= 11 is 6.43. The van der Waals surface area contributed by atoms with Crippen molar-refractivity contribution in [1.82, 2.24) is 20.3 Å². The molecule has 3 heterocycles. The Bertz CT molecular complexity index is 1950. The lowest BCUT2D eigenvalue weighted by Gasteiger charge is -2.35. The molecule has 0 bridgehead atoms. The summed E-state index contributed by atoms with van der Waals surface area (Å²) in [6, 6.07) is 18.0. The van der Waals surface area contributed by atoms with E-state index >= 15 is 0 Å². The Balaban J connectivity index is 1.24. The van der Waals surface area contributed by atoms with Crippen LogP contribution in [-0.4, -0.2) is 74.5 Å². The van der Waals surface area contributed by atoms with Crippen molar-refractivity contribution in [3.05, 3.63) is 106 Å².